The van der Waals surface area contributed by atoms with Crippen molar-refractivity contribution >= 4 is 11.5 Å². The van der Waals surface area contributed by atoms with Gasteiger partial charge in [-0.1, -0.05) is 43.3 Å². The summed E-state index contributed by atoms with van der Waals surface area (Å²) in [6.07, 6.45) is 6.93. The third kappa shape index (κ3) is 4.45. The minimum absolute atomic E-state index is 0.266. The van der Waals surface area contributed by atoms with Crippen molar-refractivity contribution in [2.24, 2.45) is 11.8 Å². The molecule has 3 nitrogen and oxygen atoms in total. The Morgan fingerprint density at radius 1 is 1.14 bits per heavy atom. The molecule has 0 N–H and O–H groups in total. The first-order valence-electron chi connectivity index (χ1n) is 10.7. The molecule has 2 atom stereocenters. The second-order valence-electron chi connectivity index (χ2n) is 8.78. The minimum Gasteiger partial charge on any atom is -0.465 e. The van der Waals surface area contributed by atoms with Crippen LogP contribution in [0.5, 0.6) is 0 Å². The van der Waals surface area contributed by atoms with Gasteiger partial charge in [-0.2, -0.15) is 0 Å². The molecule has 2 aromatic rings. The molecule has 4 rings (SSSR count). The van der Waals surface area contributed by atoms with Gasteiger partial charge in [-0.15, -0.1) is 0 Å². The molecule has 0 radical (unpaired) electrons. The van der Waals surface area contributed by atoms with Gasteiger partial charge in [-0.3, -0.25) is 0 Å². The molecule has 1 fully saturated rings. The van der Waals surface area contributed by atoms with E-state index in [1.807, 2.05) is 12.1 Å². The van der Waals surface area contributed by atoms with Crippen molar-refractivity contribution in [2.45, 2.75) is 32.6 Å². The van der Waals surface area contributed by atoms with E-state index < -0.39 is 0 Å². The first-order chi connectivity index (χ1) is 14.0. The standard InChI is InChI=1S/C26H31NO2/c1-18-4-7-22-16-23(26(28)29-3)10-11-24(22)25(14-18)21-8-5-19(6-9-21)15-20-12-13-27(2)17-20/h5-6,8-11,14,16,18,20H,4,7,12-13,15,17H2,1-3H3. The van der Waals surface area contributed by atoms with Crippen molar-refractivity contribution in [3.63, 3.8) is 0 Å². The van der Waals surface area contributed by atoms with Crippen LogP contribution < -0.4 is 0 Å². The highest BCUT2D eigenvalue weighted by molar-refractivity contribution is 5.91. The van der Waals surface area contributed by atoms with Gasteiger partial charge in [0, 0.05) is 6.54 Å². The number of fused-ring (bicyclic) bond motifs is 1. The van der Waals surface area contributed by atoms with Crippen LogP contribution >= 0.6 is 0 Å². The topological polar surface area (TPSA) is 29.5 Å². The molecule has 0 bridgehead atoms. The summed E-state index contributed by atoms with van der Waals surface area (Å²) in [5, 5.41) is 0. The van der Waals surface area contributed by atoms with E-state index in [-0.39, 0.29) is 5.97 Å². The second kappa shape index (κ2) is 8.54. The number of aryl methyl sites for hydroxylation is 1. The lowest BCUT2D eigenvalue weighted by atomic mass is 9.91. The van der Waals surface area contributed by atoms with Crippen molar-refractivity contribution < 1.29 is 9.53 Å². The molecular weight excluding hydrogens is 358 g/mol. The van der Waals surface area contributed by atoms with E-state index in [1.54, 1.807) is 0 Å². The fourth-order valence-electron chi connectivity index (χ4n) is 4.75. The largest absolute Gasteiger partial charge is 0.465 e. The maximum Gasteiger partial charge on any atom is 0.337 e. The van der Waals surface area contributed by atoms with Gasteiger partial charge < -0.3 is 9.64 Å². The van der Waals surface area contributed by atoms with E-state index in [4.69, 9.17) is 4.74 Å². The molecule has 1 aliphatic heterocycles. The Morgan fingerprint density at radius 2 is 1.93 bits per heavy atom. The molecule has 1 heterocycles. The molecule has 152 valence electrons. The molecular formula is C26H31NO2. The van der Waals surface area contributed by atoms with E-state index in [2.05, 4.69) is 55.3 Å². The van der Waals surface area contributed by atoms with Crippen LogP contribution in [0.1, 0.15) is 52.4 Å². The number of hydrogen-bond donors (Lipinski definition) is 0. The third-order valence-corrected chi connectivity index (χ3v) is 6.41. The predicted octanol–water partition coefficient (Wildman–Crippen LogP) is 4.98. The van der Waals surface area contributed by atoms with Crippen LogP contribution in [-0.2, 0) is 17.6 Å². The van der Waals surface area contributed by atoms with Crippen molar-refractivity contribution in [1.29, 1.82) is 0 Å². The van der Waals surface area contributed by atoms with Crippen LogP contribution in [0, 0.1) is 11.8 Å². The van der Waals surface area contributed by atoms with Crippen LogP contribution in [-0.4, -0.2) is 38.1 Å². The van der Waals surface area contributed by atoms with E-state index in [1.165, 1.54) is 60.9 Å². The number of ether oxygens (including phenoxy) is 1. The summed E-state index contributed by atoms with van der Waals surface area (Å²) in [6.45, 7) is 4.70. The average Bonchev–Trinajstić information content (AvgIpc) is 3.06. The van der Waals surface area contributed by atoms with Gasteiger partial charge in [0.05, 0.1) is 12.7 Å². The molecule has 1 saturated heterocycles. The molecule has 1 aliphatic carbocycles. The van der Waals surface area contributed by atoms with Gasteiger partial charge in [0.25, 0.3) is 0 Å². The summed E-state index contributed by atoms with van der Waals surface area (Å²) >= 11 is 0. The van der Waals surface area contributed by atoms with Crippen molar-refractivity contribution in [3.8, 4) is 0 Å². The van der Waals surface area contributed by atoms with Gasteiger partial charge in [0.2, 0.25) is 0 Å². The first kappa shape index (κ1) is 19.9. The minimum atomic E-state index is -0.266. The number of hydrogen-bond acceptors (Lipinski definition) is 3. The predicted molar refractivity (Wildman–Crippen MR) is 118 cm³/mol. The lowest BCUT2D eigenvalue weighted by Gasteiger charge is -2.14. The number of allylic oxidation sites excluding steroid dienone is 1. The summed E-state index contributed by atoms with van der Waals surface area (Å²) in [5.41, 5.74) is 7.09. The smallest absolute Gasteiger partial charge is 0.337 e. The monoisotopic (exact) mass is 389 g/mol. The number of rotatable bonds is 4. The van der Waals surface area contributed by atoms with Crippen LogP contribution in [0.4, 0.5) is 0 Å². The van der Waals surface area contributed by atoms with Crippen LogP contribution in [0.2, 0.25) is 0 Å². The summed E-state index contributed by atoms with van der Waals surface area (Å²) in [4.78, 5) is 14.4. The first-order valence-corrected chi connectivity index (χ1v) is 10.7. The number of likely N-dealkylation sites (tertiary alicyclic amines) is 1. The number of carbonyl (C=O) groups is 1. The van der Waals surface area contributed by atoms with E-state index in [0.717, 1.165) is 18.8 Å². The Balaban J connectivity index is 1.61. The number of benzene rings is 2. The number of carbonyl (C=O) groups excluding carboxylic acids is 1. The van der Waals surface area contributed by atoms with Crippen molar-refractivity contribution in [1.82, 2.24) is 4.90 Å². The summed E-state index contributed by atoms with van der Waals surface area (Å²) in [7, 11) is 3.65. The molecule has 0 aromatic heterocycles. The normalized spacial score (nSPS) is 22.0. The van der Waals surface area contributed by atoms with Gasteiger partial charge in [0.15, 0.2) is 0 Å². The van der Waals surface area contributed by atoms with Crippen LogP contribution in [0.15, 0.2) is 48.5 Å². The molecule has 0 spiro atoms. The Hall–Kier alpha value is -2.39. The van der Waals surface area contributed by atoms with Gasteiger partial charge >= 0.3 is 5.97 Å². The Bertz CT molecular complexity index is 913. The zero-order valence-electron chi connectivity index (χ0n) is 17.8. The number of methoxy groups -OCH3 is 1. The highest BCUT2D eigenvalue weighted by atomic mass is 16.5. The molecule has 2 aliphatic rings. The average molecular weight is 390 g/mol. The van der Waals surface area contributed by atoms with Crippen molar-refractivity contribution in [2.75, 3.05) is 27.2 Å². The fraction of sp³-hybridized carbons (Fsp3) is 0.423. The maximum atomic E-state index is 12.0. The van der Waals surface area contributed by atoms with E-state index in [0.29, 0.717) is 11.5 Å². The maximum absolute atomic E-state index is 12.0. The van der Waals surface area contributed by atoms with E-state index >= 15 is 0 Å². The molecule has 2 aromatic carbocycles. The van der Waals surface area contributed by atoms with Gasteiger partial charge in [-0.05, 0) is 91.1 Å². The van der Waals surface area contributed by atoms with Gasteiger partial charge in [-0.25, -0.2) is 4.79 Å². The van der Waals surface area contributed by atoms with Crippen molar-refractivity contribution in [3.05, 3.63) is 76.4 Å². The van der Waals surface area contributed by atoms with Crippen LogP contribution in [0.3, 0.4) is 0 Å². The highest BCUT2D eigenvalue weighted by Gasteiger charge is 2.21. The summed E-state index contributed by atoms with van der Waals surface area (Å²) in [6, 6.07) is 15.1. The summed E-state index contributed by atoms with van der Waals surface area (Å²) < 4.78 is 4.91. The van der Waals surface area contributed by atoms with Crippen LogP contribution in [0.25, 0.3) is 5.57 Å². The zero-order chi connectivity index (χ0) is 20.4. The SMILES string of the molecule is COC(=O)c1ccc2c(c1)CCC(C)C=C2c1ccc(CC2CCN(C)C2)cc1. The zero-order valence-corrected chi connectivity index (χ0v) is 17.8. The lowest BCUT2D eigenvalue weighted by molar-refractivity contribution is 0.0600. The molecule has 0 amide bonds. The molecule has 2 unspecified atom stereocenters. The summed E-state index contributed by atoms with van der Waals surface area (Å²) in [5.74, 6) is 1.02. The Kier molecular flexibility index (Phi) is 5.86. The quantitative estimate of drug-likeness (QED) is 0.691. The molecule has 3 heteroatoms. The fourth-order valence-corrected chi connectivity index (χ4v) is 4.75. The Labute approximate surface area is 174 Å². The Morgan fingerprint density at radius 3 is 2.62 bits per heavy atom. The molecule has 29 heavy (non-hydrogen) atoms. The number of esters is 1. The number of nitrogens with zero attached hydrogens (tertiary/aromatic N) is 1. The molecule has 0 saturated carbocycles. The van der Waals surface area contributed by atoms with E-state index in [9.17, 15) is 4.79 Å². The second-order valence-corrected chi connectivity index (χ2v) is 8.78. The highest BCUT2D eigenvalue weighted by Crippen LogP contribution is 2.34. The lowest BCUT2D eigenvalue weighted by Crippen LogP contribution is -2.14. The van der Waals surface area contributed by atoms with Gasteiger partial charge in [0.1, 0.15) is 0 Å². The third-order valence-electron chi connectivity index (χ3n) is 6.41.